The summed E-state index contributed by atoms with van der Waals surface area (Å²) in [5.41, 5.74) is 2.82. The lowest BCUT2D eigenvalue weighted by Gasteiger charge is -2.15. The fourth-order valence-electron chi connectivity index (χ4n) is 1.69. The van der Waals surface area contributed by atoms with Crippen LogP contribution in [0.5, 0.6) is 0 Å². The van der Waals surface area contributed by atoms with Crippen molar-refractivity contribution in [1.82, 2.24) is 0 Å². The Kier molecular flexibility index (Phi) is 3.81. The number of carbonyl (C=O) groups excluding carboxylic acids is 1. The van der Waals surface area contributed by atoms with E-state index in [1.807, 2.05) is 44.1 Å². The quantitative estimate of drug-likeness (QED) is 0.934. The van der Waals surface area contributed by atoms with E-state index in [9.17, 15) is 4.79 Å². The second-order valence-electron chi connectivity index (χ2n) is 4.45. The van der Waals surface area contributed by atoms with Crippen molar-refractivity contribution < 1.29 is 9.21 Å². The Labute approximate surface area is 117 Å². The summed E-state index contributed by atoms with van der Waals surface area (Å²) in [5.74, 6) is -0.117. The van der Waals surface area contributed by atoms with Crippen LogP contribution in [0, 0.1) is 6.92 Å². The predicted molar refractivity (Wildman–Crippen MR) is 77.2 cm³/mol. The van der Waals surface area contributed by atoms with Crippen LogP contribution in [0.1, 0.15) is 16.1 Å². The molecule has 2 rings (SSSR count). The van der Waals surface area contributed by atoms with E-state index in [-0.39, 0.29) is 16.9 Å². The highest BCUT2D eigenvalue weighted by atomic mass is 35.5. The lowest BCUT2D eigenvalue weighted by atomic mass is 10.1. The van der Waals surface area contributed by atoms with Gasteiger partial charge in [0.1, 0.15) is 0 Å². The summed E-state index contributed by atoms with van der Waals surface area (Å²) in [6, 6.07) is 8.90. The van der Waals surface area contributed by atoms with Gasteiger partial charge in [-0.1, -0.05) is 0 Å². The van der Waals surface area contributed by atoms with Gasteiger partial charge >= 0.3 is 0 Å². The number of nitrogens with one attached hydrogen (secondary N) is 1. The molecule has 1 aromatic heterocycles. The van der Waals surface area contributed by atoms with Crippen molar-refractivity contribution >= 4 is 28.9 Å². The number of carbonyl (C=O) groups is 1. The van der Waals surface area contributed by atoms with Gasteiger partial charge in [0.2, 0.25) is 0 Å². The minimum Gasteiger partial charge on any atom is -0.440 e. The minimum absolute atomic E-state index is 0.195. The Hall–Kier alpha value is -1.94. The van der Waals surface area contributed by atoms with Crippen LogP contribution < -0.4 is 10.2 Å². The van der Waals surface area contributed by atoms with Gasteiger partial charge in [-0.05, 0) is 54.4 Å². The Morgan fingerprint density at radius 1 is 1.26 bits per heavy atom. The first-order valence-corrected chi connectivity index (χ1v) is 6.20. The predicted octanol–water partition coefficient (Wildman–Crippen LogP) is 3.56. The molecule has 0 spiro atoms. The number of rotatable bonds is 3. The van der Waals surface area contributed by atoms with Crippen LogP contribution in [0.2, 0.25) is 5.22 Å². The maximum atomic E-state index is 11.9. The maximum absolute atomic E-state index is 11.9. The van der Waals surface area contributed by atoms with E-state index < -0.39 is 0 Å². The molecule has 4 nitrogen and oxygen atoms in total. The molecule has 1 amide bonds. The van der Waals surface area contributed by atoms with E-state index >= 15 is 0 Å². The molecule has 100 valence electrons. The fourth-order valence-corrected chi connectivity index (χ4v) is 1.83. The van der Waals surface area contributed by atoms with Gasteiger partial charge < -0.3 is 14.6 Å². The molecule has 0 aliphatic rings. The second kappa shape index (κ2) is 5.36. The number of nitrogens with zero attached hydrogens (tertiary/aromatic N) is 1. The van der Waals surface area contributed by atoms with Crippen LogP contribution in [-0.2, 0) is 0 Å². The molecule has 1 heterocycles. The average molecular weight is 279 g/mol. The summed E-state index contributed by atoms with van der Waals surface area (Å²) in [5, 5.41) is 3.00. The van der Waals surface area contributed by atoms with Crippen molar-refractivity contribution in [2.45, 2.75) is 6.92 Å². The van der Waals surface area contributed by atoms with Crippen LogP contribution in [0.3, 0.4) is 0 Å². The van der Waals surface area contributed by atoms with Gasteiger partial charge in [0.15, 0.2) is 11.0 Å². The van der Waals surface area contributed by atoms with Crippen molar-refractivity contribution in [2.24, 2.45) is 0 Å². The first-order valence-electron chi connectivity index (χ1n) is 5.82. The summed E-state index contributed by atoms with van der Waals surface area (Å²) >= 11 is 5.64. The molecular weight excluding hydrogens is 264 g/mol. The van der Waals surface area contributed by atoms with Gasteiger partial charge in [0, 0.05) is 25.5 Å². The highest BCUT2D eigenvalue weighted by Gasteiger charge is 2.12. The number of benzene rings is 1. The summed E-state index contributed by atoms with van der Waals surface area (Å²) in [4.78, 5) is 13.9. The molecule has 0 aliphatic heterocycles. The topological polar surface area (TPSA) is 45.5 Å². The third-order valence-electron chi connectivity index (χ3n) is 2.77. The van der Waals surface area contributed by atoms with Crippen LogP contribution in [-0.4, -0.2) is 20.0 Å². The molecule has 0 unspecified atom stereocenters. The number of aryl methyl sites for hydroxylation is 1. The molecule has 0 fully saturated rings. The van der Waals surface area contributed by atoms with Gasteiger partial charge in [-0.3, -0.25) is 4.79 Å². The van der Waals surface area contributed by atoms with E-state index in [2.05, 4.69) is 5.32 Å². The fraction of sp³-hybridized carbons (Fsp3) is 0.214. The van der Waals surface area contributed by atoms with E-state index in [1.165, 1.54) is 0 Å². The molecule has 0 aliphatic carbocycles. The van der Waals surface area contributed by atoms with Crippen molar-refractivity contribution in [2.75, 3.05) is 24.3 Å². The first kappa shape index (κ1) is 13.5. The van der Waals surface area contributed by atoms with E-state index in [0.29, 0.717) is 0 Å². The highest BCUT2D eigenvalue weighted by Crippen LogP contribution is 2.22. The van der Waals surface area contributed by atoms with Crippen LogP contribution >= 0.6 is 11.6 Å². The normalized spacial score (nSPS) is 10.3. The van der Waals surface area contributed by atoms with Gasteiger partial charge in [-0.25, -0.2) is 0 Å². The van der Waals surface area contributed by atoms with E-state index in [4.69, 9.17) is 16.0 Å². The van der Waals surface area contributed by atoms with E-state index in [0.717, 1.165) is 16.9 Å². The van der Waals surface area contributed by atoms with Crippen LogP contribution in [0.15, 0.2) is 34.7 Å². The summed E-state index contributed by atoms with van der Waals surface area (Å²) < 4.78 is 5.06. The molecule has 0 saturated heterocycles. The third-order valence-corrected chi connectivity index (χ3v) is 2.97. The average Bonchev–Trinajstić information content (AvgIpc) is 2.78. The Bertz CT molecular complexity index is 605. The molecule has 1 aromatic carbocycles. The zero-order valence-electron chi connectivity index (χ0n) is 11.0. The van der Waals surface area contributed by atoms with Gasteiger partial charge in [-0.2, -0.15) is 0 Å². The van der Waals surface area contributed by atoms with Crippen molar-refractivity contribution in [3.8, 4) is 0 Å². The lowest BCUT2D eigenvalue weighted by Crippen LogP contribution is -2.13. The number of halogens is 1. The molecule has 0 radical (unpaired) electrons. The largest absolute Gasteiger partial charge is 0.440 e. The molecular formula is C14H15ClN2O2. The smallest absolute Gasteiger partial charge is 0.291 e. The zero-order chi connectivity index (χ0) is 14.0. The molecule has 19 heavy (non-hydrogen) atoms. The minimum atomic E-state index is -0.312. The molecule has 0 saturated carbocycles. The number of amides is 1. The molecule has 0 bridgehead atoms. The third kappa shape index (κ3) is 3.09. The lowest BCUT2D eigenvalue weighted by molar-refractivity contribution is 0.0996. The SMILES string of the molecule is Cc1cc(N(C)C)ccc1NC(=O)c1ccc(Cl)o1. The van der Waals surface area contributed by atoms with Crippen molar-refractivity contribution in [3.63, 3.8) is 0 Å². The van der Waals surface area contributed by atoms with Crippen LogP contribution in [0.25, 0.3) is 0 Å². The van der Waals surface area contributed by atoms with Crippen LogP contribution in [0.4, 0.5) is 11.4 Å². The molecule has 1 N–H and O–H groups in total. The van der Waals surface area contributed by atoms with Crippen molar-refractivity contribution in [1.29, 1.82) is 0 Å². The monoisotopic (exact) mass is 278 g/mol. The number of anilines is 2. The molecule has 2 aromatic rings. The number of furan rings is 1. The number of hydrogen-bond acceptors (Lipinski definition) is 3. The first-order chi connectivity index (χ1) is 8.97. The highest BCUT2D eigenvalue weighted by molar-refractivity contribution is 6.29. The molecule has 5 heteroatoms. The molecule has 0 atom stereocenters. The van der Waals surface area contributed by atoms with Gasteiger partial charge in [-0.15, -0.1) is 0 Å². The van der Waals surface area contributed by atoms with Gasteiger partial charge in [0.25, 0.3) is 5.91 Å². The van der Waals surface area contributed by atoms with E-state index in [1.54, 1.807) is 12.1 Å². The summed E-state index contributed by atoms with van der Waals surface area (Å²) in [6.45, 7) is 1.94. The Balaban J connectivity index is 2.17. The zero-order valence-corrected chi connectivity index (χ0v) is 11.8. The number of hydrogen-bond donors (Lipinski definition) is 1. The maximum Gasteiger partial charge on any atom is 0.291 e. The Morgan fingerprint density at radius 2 is 2.00 bits per heavy atom. The van der Waals surface area contributed by atoms with Crippen molar-refractivity contribution in [3.05, 3.63) is 46.9 Å². The standard InChI is InChI=1S/C14H15ClN2O2/c1-9-8-10(17(2)3)4-5-11(9)16-14(18)12-6-7-13(15)19-12/h4-8H,1-3H3,(H,16,18). The summed E-state index contributed by atoms with van der Waals surface area (Å²) in [6.07, 6.45) is 0. The Morgan fingerprint density at radius 3 is 2.53 bits per heavy atom. The van der Waals surface area contributed by atoms with Gasteiger partial charge in [0.05, 0.1) is 0 Å². The second-order valence-corrected chi connectivity index (χ2v) is 4.82. The summed E-state index contributed by atoms with van der Waals surface area (Å²) in [7, 11) is 3.94.